The van der Waals surface area contributed by atoms with E-state index in [1.165, 1.54) is 5.56 Å². The highest BCUT2D eigenvalue weighted by Gasteiger charge is 2.28. The largest absolute Gasteiger partial charge is 0.497 e. The molecule has 1 atom stereocenters. The Bertz CT molecular complexity index is 1150. The minimum absolute atomic E-state index is 0.0809. The standard InChI is InChI=1S/C27H33N3O4/c1-4-19-8-7-11-22-24(18-28-26(19)22)23(20-9-6-10-21(16-20)33-3)17-25(31)29-12-14-30(15-13-29)27(32)34-5-2/h6-11,16,18,23,28H,4-5,12-15,17H2,1-3H3/t23-/m0/s1. The van der Waals surface area contributed by atoms with Gasteiger partial charge in [-0.05, 0) is 42.2 Å². The first-order valence-electron chi connectivity index (χ1n) is 12.0. The van der Waals surface area contributed by atoms with Crippen LogP contribution >= 0.6 is 0 Å². The molecule has 0 unspecified atom stereocenters. The fourth-order valence-electron chi connectivity index (χ4n) is 4.74. The Hall–Kier alpha value is -3.48. The van der Waals surface area contributed by atoms with E-state index in [-0.39, 0.29) is 17.9 Å². The molecule has 3 aromatic rings. The number of aryl methyl sites for hydroxylation is 1. The summed E-state index contributed by atoms with van der Waals surface area (Å²) in [6.07, 6.45) is 3.01. The third kappa shape index (κ3) is 4.88. The van der Waals surface area contributed by atoms with Crippen molar-refractivity contribution < 1.29 is 19.1 Å². The van der Waals surface area contributed by atoms with Crippen molar-refractivity contribution in [2.45, 2.75) is 32.6 Å². The molecule has 180 valence electrons. The third-order valence-corrected chi connectivity index (χ3v) is 6.62. The van der Waals surface area contributed by atoms with E-state index < -0.39 is 0 Å². The van der Waals surface area contributed by atoms with Crippen LogP contribution in [0.15, 0.2) is 48.7 Å². The number of carbonyl (C=O) groups is 2. The Morgan fingerprint density at radius 1 is 1.03 bits per heavy atom. The quantitative estimate of drug-likeness (QED) is 0.557. The van der Waals surface area contributed by atoms with Crippen LogP contribution in [0.4, 0.5) is 4.79 Å². The number of fused-ring (bicyclic) bond motifs is 1. The van der Waals surface area contributed by atoms with E-state index in [1.807, 2.05) is 29.3 Å². The van der Waals surface area contributed by atoms with Crippen molar-refractivity contribution in [3.8, 4) is 5.75 Å². The van der Waals surface area contributed by atoms with Gasteiger partial charge in [0.05, 0.1) is 13.7 Å². The predicted molar refractivity (Wildman–Crippen MR) is 132 cm³/mol. The van der Waals surface area contributed by atoms with E-state index in [2.05, 4.69) is 36.2 Å². The first kappa shape index (κ1) is 23.7. The third-order valence-electron chi connectivity index (χ3n) is 6.62. The zero-order valence-corrected chi connectivity index (χ0v) is 20.2. The highest BCUT2D eigenvalue weighted by atomic mass is 16.6. The molecule has 0 bridgehead atoms. The molecule has 4 rings (SSSR count). The van der Waals surface area contributed by atoms with Gasteiger partial charge in [-0.15, -0.1) is 0 Å². The number of rotatable bonds is 7. The summed E-state index contributed by atoms with van der Waals surface area (Å²) >= 11 is 0. The van der Waals surface area contributed by atoms with Gasteiger partial charge in [0, 0.05) is 55.6 Å². The van der Waals surface area contributed by atoms with Crippen LogP contribution in [0.2, 0.25) is 0 Å². The van der Waals surface area contributed by atoms with Crippen LogP contribution in [0.1, 0.15) is 42.9 Å². The molecule has 1 aliphatic rings. The van der Waals surface area contributed by atoms with Gasteiger partial charge in [-0.25, -0.2) is 4.79 Å². The van der Waals surface area contributed by atoms with Crippen LogP contribution in [0.25, 0.3) is 10.9 Å². The van der Waals surface area contributed by atoms with Crippen molar-refractivity contribution in [3.05, 3.63) is 65.4 Å². The smallest absolute Gasteiger partial charge is 0.409 e. The number of piperazine rings is 1. The second kappa shape index (κ2) is 10.6. The fourth-order valence-corrected chi connectivity index (χ4v) is 4.74. The lowest BCUT2D eigenvalue weighted by atomic mass is 9.87. The summed E-state index contributed by atoms with van der Waals surface area (Å²) in [6, 6.07) is 14.3. The van der Waals surface area contributed by atoms with Gasteiger partial charge in [-0.2, -0.15) is 0 Å². The lowest BCUT2D eigenvalue weighted by molar-refractivity contribution is -0.133. The molecular weight excluding hydrogens is 430 g/mol. The summed E-state index contributed by atoms with van der Waals surface area (Å²) in [7, 11) is 1.65. The van der Waals surface area contributed by atoms with Crippen LogP contribution in [0, 0.1) is 0 Å². The van der Waals surface area contributed by atoms with Crippen molar-refractivity contribution in [2.75, 3.05) is 39.9 Å². The van der Waals surface area contributed by atoms with Crippen molar-refractivity contribution >= 4 is 22.9 Å². The second-order valence-corrected chi connectivity index (χ2v) is 8.54. The summed E-state index contributed by atoms with van der Waals surface area (Å²) in [5.74, 6) is 0.732. The van der Waals surface area contributed by atoms with Crippen molar-refractivity contribution in [2.24, 2.45) is 0 Å². The van der Waals surface area contributed by atoms with E-state index >= 15 is 0 Å². The number of H-pyrrole nitrogens is 1. The number of hydrogen-bond acceptors (Lipinski definition) is 4. The zero-order chi connectivity index (χ0) is 24.1. The van der Waals surface area contributed by atoms with E-state index in [9.17, 15) is 9.59 Å². The molecule has 0 aliphatic carbocycles. The van der Waals surface area contributed by atoms with Gasteiger partial charge in [0.1, 0.15) is 5.75 Å². The lowest BCUT2D eigenvalue weighted by Gasteiger charge is -2.34. The number of aromatic amines is 1. The van der Waals surface area contributed by atoms with E-state index in [0.29, 0.717) is 39.2 Å². The number of amides is 2. The molecule has 0 saturated carbocycles. The molecule has 7 heteroatoms. The maximum absolute atomic E-state index is 13.4. The fraction of sp³-hybridized carbons (Fsp3) is 0.407. The summed E-state index contributed by atoms with van der Waals surface area (Å²) in [5, 5.41) is 1.15. The number of hydrogen-bond donors (Lipinski definition) is 1. The number of aromatic nitrogens is 1. The molecule has 0 radical (unpaired) electrons. The Balaban J connectivity index is 1.60. The highest BCUT2D eigenvalue weighted by Crippen LogP contribution is 2.36. The summed E-state index contributed by atoms with van der Waals surface area (Å²) in [6.45, 7) is 6.29. The van der Waals surface area contributed by atoms with E-state index in [1.54, 1.807) is 18.9 Å². The Labute approximate surface area is 200 Å². The van der Waals surface area contributed by atoms with Gasteiger partial charge in [0.25, 0.3) is 0 Å². The number of ether oxygens (including phenoxy) is 2. The minimum Gasteiger partial charge on any atom is -0.497 e. The summed E-state index contributed by atoms with van der Waals surface area (Å²) in [4.78, 5) is 32.4. The molecule has 34 heavy (non-hydrogen) atoms. The minimum atomic E-state index is -0.311. The number of nitrogens with one attached hydrogen (secondary N) is 1. The van der Waals surface area contributed by atoms with Crippen molar-refractivity contribution in [3.63, 3.8) is 0 Å². The van der Waals surface area contributed by atoms with E-state index in [4.69, 9.17) is 9.47 Å². The molecule has 2 aromatic carbocycles. The molecule has 1 N–H and O–H groups in total. The first-order valence-corrected chi connectivity index (χ1v) is 12.0. The number of para-hydroxylation sites is 1. The molecule has 2 heterocycles. The van der Waals surface area contributed by atoms with Crippen molar-refractivity contribution in [1.82, 2.24) is 14.8 Å². The molecule has 7 nitrogen and oxygen atoms in total. The van der Waals surface area contributed by atoms with E-state index in [0.717, 1.165) is 34.2 Å². The average molecular weight is 464 g/mol. The zero-order valence-electron chi connectivity index (χ0n) is 20.2. The number of methoxy groups -OCH3 is 1. The predicted octanol–water partition coefficient (Wildman–Crippen LogP) is 4.56. The Morgan fingerprint density at radius 3 is 2.47 bits per heavy atom. The SMILES string of the molecule is CCOC(=O)N1CCN(C(=O)C[C@@H](c2cccc(OC)c2)c2c[nH]c3c(CC)cccc23)CC1. The topological polar surface area (TPSA) is 74.9 Å². The number of nitrogens with zero attached hydrogens (tertiary/aromatic N) is 2. The molecule has 2 amide bonds. The van der Waals surface area contributed by atoms with Crippen LogP contribution in [0.5, 0.6) is 5.75 Å². The number of carbonyl (C=O) groups excluding carboxylic acids is 2. The molecule has 1 saturated heterocycles. The molecule has 1 aromatic heterocycles. The number of benzene rings is 2. The van der Waals surface area contributed by atoms with Gasteiger partial charge >= 0.3 is 6.09 Å². The van der Waals surface area contributed by atoms with Crippen LogP contribution in [0.3, 0.4) is 0 Å². The van der Waals surface area contributed by atoms with Gasteiger partial charge in [0.2, 0.25) is 5.91 Å². The van der Waals surface area contributed by atoms with Gasteiger partial charge in [-0.3, -0.25) is 4.79 Å². The second-order valence-electron chi connectivity index (χ2n) is 8.54. The van der Waals surface area contributed by atoms with Gasteiger partial charge < -0.3 is 24.3 Å². The van der Waals surface area contributed by atoms with Crippen LogP contribution in [-0.2, 0) is 16.0 Å². The van der Waals surface area contributed by atoms with Gasteiger partial charge in [-0.1, -0.05) is 37.3 Å². The van der Waals surface area contributed by atoms with Crippen LogP contribution < -0.4 is 4.74 Å². The summed E-state index contributed by atoms with van der Waals surface area (Å²) < 4.78 is 10.6. The Morgan fingerprint density at radius 2 is 1.76 bits per heavy atom. The molecule has 0 spiro atoms. The normalized spacial score (nSPS) is 14.8. The molecule has 1 fully saturated rings. The maximum Gasteiger partial charge on any atom is 0.409 e. The lowest BCUT2D eigenvalue weighted by Crippen LogP contribution is -2.50. The first-order chi connectivity index (χ1) is 16.5. The monoisotopic (exact) mass is 463 g/mol. The highest BCUT2D eigenvalue weighted by molar-refractivity contribution is 5.88. The maximum atomic E-state index is 13.4. The van der Waals surface area contributed by atoms with Gasteiger partial charge in [0.15, 0.2) is 0 Å². The average Bonchev–Trinajstić information content (AvgIpc) is 3.31. The molecular formula is C27H33N3O4. The molecule has 1 aliphatic heterocycles. The summed E-state index contributed by atoms with van der Waals surface area (Å²) in [5.41, 5.74) is 4.54. The van der Waals surface area contributed by atoms with Crippen molar-refractivity contribution in [1.29, 1.82) is 0 Å². The van der Waals surface area contributed by atoms with Crippen LogP contribution in [-0.4, -0.2) is 66.7 Å². The Kier molecular flexibility index (Phi) is 7.40.